The van der Waals surface area contributed by atoms with E-state index in [9.17, 15) is 0 Å². The van der Waals surface area contributed by atoms with E-state index in [0.29, 0.717) is 12.4 Å². The van der Waals surface area contributed by atoms with E-state index in [4.69, 9.17) is 10.5 Å². The summed E-state index contributed by atoms with van der Waals surface area (Å²) in [5, 5.41) is 8.08. The molecule has 1 atom stereocenters. The maximum atomic E-state index is 5.64. The summed E-state index contributed by atoms with van der Waals surface area (Å²) < 4.78 is 5.64. The zero-order valence-corrected chi connectivity index (χ0v) is 8.96. The highest BCUT2D eigenvalue weighted by atomic mass is 16.5. The summed E-state index contributed by atoms with van der Waals surface area (Å²) in [6.07, 6.45) is 1.73. The predicted molar refractivity (Wildman–Crippen MR) is 56.3 cm³/mol. The van der Waals surface area contributed by atoms with Gasteiger partial charge in [0, 0.05) is 13.1 Å². The van der Waals surface area contributed by atoms with E-state index >= 15 is 0 Å². The van der Waals surface area contributed by atoms with Gasteiger partial charge in [0.15, 0.2) is 5.82 Å². The molecule has 0 saturated carbocycles. The van der Waals surface area contributed by atoms with Gasteiger partial charge < -0.3 is 10.5 Å². The minimum atomic E-state index is 0.172. The van der Waals surface area contributed by atoms with Crippen LogP contribution in [0.15, 0.2) is 6.20 Å². The Hall–Kier alpha value is -1.14. The molecule has 1 fully saturated rings. The molecule has 2 N–H and O–H groups in total. The smallest absolute Gasteiger partial charge is 0.165 e. The molecule has 1 aromatic rings. The number of rotatable bonds is 3. The van der Waals surface area contributed by atoms with Crippen LogP contribution in [0.5, 0.6) is 0 Å². The van der Waals surface area contributed by atoms with Gasteiger partial charge in [-0.05, 0) is 6.54 Å². The molecule has 2 rings (SSSR count). The molecule has 1 aliphatic heterocycles. The van der Waals surface area contributed by atoms with Crippen molar-refractivity contribution in [3.63, 3.8) is 0 Å². The van der Waals surface area contributed by atoms with Gasteiger partial charge in [-0.1, -0.05) is 6.92 Å². The number of hydrogen-bond donors (Lipinski definition) is 1. The van der Waals surface area contributed by atoms with Gasteiger partial charge in [0.25, 0.3) is 0 Å². The summed E-state index contributed by atoms with van der Waals surface area (Å²) in [4.78, 5) is 3.96. The first-order chi connectivity index (χ1) is 7.28. The molecular formula is C9H17N5O. The van der Waals surface area contributed by atoms with Crippen LogP contribution in [0.2, 0.25) is 0 Å². The lowest BCUT2D eigenvalue weighted by Gasteiger charge is -2.31. The fraction of sp³-hybridized carbons (Fsp3) is 0.778. The topological polar surface area (TPSA) is 69.2 Å². The number of nitrogens with zero attached hydrogens (tertiary/aromatic N) is 4. The Labute approximate surface area is 89.0 Å². The molecule has 0 spiro atoms. The summed E-state index contributed by atoms with van der Waals surface area (Å²) >= 11 is 0. The zero-order chi connectivity index (χ0) is 10.7. The fourth-order valence-corrected chi connectivity index (χ4v) is 1.76. The summed E-state index contributed by atoms with van der Waals surface area (Å²) in [5.74, 6) is 0.457. The summed E-state index contributed by atoms with van der Waals surface area (Å²) in [5.41, 5.74) is 5.49. The molecular weight excluding hydrogens is 194 g/mol. The predicted octanol–water partition coefficient (Wildman–Crippen LogP) is -0.419. The van der Waals surface area contributed by atoms with Crippen LogP contribution in [0.4, 0.5) is 5.82 Å². The quantitative estimate of drug-likeness (QED) is 0.735. The van der Waals surface area contributed by atoms with Crippen molar-refractivity contribution < 1.29 is 4.74 Å². The van der Waals surface area contributed by atoms with E-state index in [2.05, 4.69) is 22.0 Å². The summed E-state index contributed by atoms with van der Waals surface area (Å²) in [7, 11) is 0. The number of ether oxygens (including phenoxy) is 1. The third-order valence-electron chi connectivity index (χ3n) is 2.59. The standard InChI is InChI=1S/C9H17N5O/c1-2-13-3-4-15-8(6-13)7-14-11-5-9(10)12-14/h5,8H,2-4,6-7H2,1H3,(H2,10,12). The first-order valence-electron chi connectivity index (χ1n) is 5.27. The van der Waals surface area contributed by atoms with Crippen molar-refractivity contribution >= 4 is 5.82 Å². The fourth-order valence-electron chi connectivity index (χ4n) is 1.76. The van der Waals surface area contributed by atoms with E-state index in [1.807, 2.05) is 0 Å². The second-order valence-corrected chi connectivity index (χ2v) is 3.71. The summed E-state index contributed by atoms with van der Waals surface area (Å²) in [6.45, 7) is 6.64. The van der Waals surface area contributed by atoms with Crippen molar-refractivity contribution in [2.45, 2.75) is 19.6 Å². The Bertz CT molecular complexity index is 313. The highest BCUT2D eigenvalue weighted by Crippen LogP contribution is 2.06. The SMILES string of the molecule is CCN1CCOC(Cn2ncc(N)n2)C1. The lowest BCUT2D eigenvalue weighted by atomic mass is 10.3. The average Bonchev–Trinajstić information content (AvgIpc) is 2.64. The van der Waals surface area contributed by atoms with E-state index in [0.717, 1.165) is 26.2 Å². The first kappa shape index (κ1) is 10.4. The molecule has 1 saturated heterocycles. The largest absolute Gasteiger partial charge is 0.381 e. The number of morpholine rings is 1. The molecule has 1 aliphatic rings. The van der Waals surface area contributed by atoms with E-state index in [-0.39, 0.29) is 6.10 Å². The Morgan fingerprint density at radius 1 is 1.67 bits per heavy atom. The summed E-state index contributed by atoms with van der Waals surface area (Å²) in [6, 6.07) is 0. The van der Waals surface area contributed by atoms with Gasteiger partial charge in [-0.25, -0.2) is 0 Å². The first-order valence-corrected chi connectivity index (χ1v) is 5.27. The Balaban J connectivity index is 1.88. The second kappa shape index (κ2) is 4.59. The van der Waals surface area contributed by atoms with Crippen LogP contribution in [0, 0.1) is 0 Å². The minimum Gasteiger partial charge on any atom is -0.381 e. The van der Waals surface area contributed by atoms with Crippen LogP contribution in [0.1, 0.15) is 6.92 Å². The maximum Gasteiger partial charge on any atom is 0.165 e. The average molecular weight is 211 g/mol. The molecule has 84 valence electrons. The third kappa shape index (κ3) is 2.66. The van der Waals surface area contributed by atoms with Crippen molar-refractivity contribution in [3.05, 3.63) is 6.20 Å². The van der Waals surface area contributed by atoms with E-state index in [1.165, 1.54) is 0 Å². The van der Waals surface area contributed by atoms with Crippen LogP contribution >= 0.6 is 0 Å². The lowest BCUT2D eigenvalue weighted by Crippen LogP contribution is -2.44. The highest BCUT2D eigenvalue weighted by molar-refractivity contribution is 5.19. The molecule has 2 heterocycles. The van der Waals surface area contributed by atoms with Gasteiger partial charge in [0.2, 0.25) is 0 Å². The number of anilines is 1. The monoisotopic (exact) mass is 211 g/mol. The van der Waals surface area contributed by atoms with Gasteiger partial charge in [0.1, 0.15) is 0 Å². The van der Waals surface area contributed by atoms with E-state index in [1.54, 1.807) is 11.0 Å². The Morgan fingerprint density at radius 2 is 2.53 bits per heavy atom. The highest BCUT2D eigenvalue weighted by Gasteiger charge is 2.20. The molecule has 0 aromatic carbocycles. The van der Waals surface area contributed by atoms with Crippen molar-refractivity contribution in [3.8, 4) is 0 Å². The molecule has 6 nitrogen and oxygen atoms in total. The Morgan fingerprint density at radius 3 is 3.20 bits per heavy atom. The number of nitrogen functional groups attached to an aromatic ring is 1. The van der Waals surface area contributed by atoms with Crippen molar-refractivity contribution in [1.82, 2.24) is 19.9 Å². The van der Waals surface area contributed by atoms with Gasteiger partial charge >= 0.3 is 0 Å². The van der Waals surface area contributed by atoms with Gasteiger partial charge in [-0.15, -0.1) is 5.10 Å². The number of nitrogens with two attached hydrogens (primary N) is 1. The van der Waals surface area contributed by atoms with Crippen LogP contribution in [-0.2, 0) is 11.3 Å². The molecule has 1 unspecified atom stereocenters. The van der Waals surface area contributed by atoms with Crippen LogP contribution in [-0.4, -0.2) is 52.2 Å². The van der Waals surface area contributed by atoms with Crippen molar-refractivity contribution in [1.29, 1.82) is 0 Å². The number of likely N-dealkylation sites (N-methyl/N-ethyl adjacent to an activating group) is 1. The molecule has 0 aliphatic carbocycles. The van der Waals surface area contributed by atoms with Crippen molar-refractivity contribution in [2.75, 3.05) is 32.0 Å². The van der Waals surface area contributed by atoms with E-state index < -0.39 is 0 Å². The van der Waals surface area contributed by atoms with Crippen molar-refractivity contribution in [2.24, 2.45) is 0 Å². The molecule has 0 bridgehead atoms. The Kier molecular flexibility index (Phi) is 3.17. The van der Waals surface area contributed by atoms with Gasteiger partial charge in [-0.3, -0.25) is 4.90 Å². The number of aromatic nitrogens is 3. The lowest BCUT2D eigenvalue weighted by molar-refractivity contribution is -0.0375. The molecule has 6 heteroatoms. The molecule has 1 aromatic heterocycles. The molecule has 15 heavy (non-hydrogen) atoms. The zero-order valence-electron chi connectivity index (χ0n) is 8.96. The normalized spacial score (nSPS) is 23.1. The molecule has 0 radical (unpaired) electrons. The van der Waals surface area contributed by atoms with Gasteiger partial charge in [-0.2, -0.15) is 9.90 Å². The molecule has 0 amide bonds. The minimum absolute atomic E-state index is 0.172. The third-order valence-corrected chi connectivity index (χ3v) is 2.59. The van der Waals surface area contributed by atoms with Crippen LogP contribution in [0.3, 0.4) is 0 Å². The second-order valence-electron chi connectivity index (χ2n) is 3.71. The number of hydrogen-bond acceptors (Lipinski definition) is 5. The van der Waals surface area contributed by atoms with Crippen LogP contribution < -0.4 is 5.73 Å². The maximum absolute atomic E-state index is 5.64. The van der Waals surface area contributed by atoms with Crippen LogP contribution in [0.25, 0.3) is 0 Å². The van der Waals surface area contributed by atoms with Gasteiger partial charge in [0.05, 0.1) is 25.5 Å².